The predicted molar refractivity (Wildman–Crippen MR) is 163 cm³/mol. The van der Waals surface area contributed by atoms with E-state index in [9.17, 15) is 4.79 Å². The highest BCUT2D eigenvalue weighted by atomic mass is 35.5. The number of benzene rings is 2. The van der Waals surface area contributed by atoms with Crippen LogP contribution in [0.25, 0.3) is 10.9 Å². The van der Waals surface area contributed by atoms with E-state index in [0.29, 0.717) is 40.1 Å². The van der Waals surface area contributed by atoms with Crippen molar-refractivity contribution < 1.29 is 23.4 Å². The number of aromatic amines is 1. The highest BCUT2D eigenvalue weighted by Crippen LogP contribution is 2.46. The molecule has 40 heavy (non-hydrogen) atoms. The molecular weight excluding hydrogens is 565 g/mol. The first-order valence-corrected chi connectivity index (χ1v) is 17.4. The van der Waals surface area contributed by atoms with Crippen molar-refractivity contribution in [2.75, 3.05) is 13.2 Å². The van der Waals surface area contributed by atoms with Crippen LogP contribution in [-0.4, -0.2) is 50.3 Å². The van der Waals surface area contributed by atoms with Crippen molar-refractivity contribution in [3.8, 4) is 5.75 Å². The number of ketones is 1. The van der Waals surface area contributed by atoms with Gasteiger partial charge in [-0.1, -0.05) is 57.8 Å². The Balaban J connectivity index is 1.38. The summed E-state index contributed by atoms with van der Waals surface area (Å²) in [4.78, 5) is 17.1. The van der Waals surface area contributed by atoms with Gasteiger partial charge in [0.2, 0.25) is 0 Å². The van der Waals surface area contributed by atoms with Crippen LogP contribution in [0, 0.1) is 0 Å². The number of ether oxygens (including phenoxy) is 3. The lowest BCUT2D eigenvalue weighted by atomic mass is 9.71. The van der Waals surface area contributed by atoms with Crippen molar-refractivity contribution in [3.63, 3.8) is 0 Å². The van der Waals surface area contributed by atoms with Gasteiger partial charge in [0.25, 0.3) is 0 Å². The van der Waals surface area contributed by atoms with Crippen molar-refractivity contribution >= 4 is 48.2 Å². The fourth-order valence-electron chi connectivity index (χ4n) is 5.37. The molecule has 1 fully saturated rings. The second-order valence-corrected chi connectivity index (χ2v) is 19.1. The average molecular weight is 605 g/mol. The molecule has 216 valence electrons. The van der Waals surface area contributed by atoms with Crippen LogP contribution < -0.4 is 4.74 Å². The molecule has 0 amide bonds. The summed E-state index contributed by atoms with van der Waals surface area (Å²) in [5.74, 6) is -0.0994. The standard InChI is InChI=1S/C31H39Cl2NO5Si/c1-29(2,3)40(8,9)37-16-25-24(38-31(6,7)39-25)15-36-17-10-11-18-20(12-17)30(4,5)28-26(27(18)35)19-13-21(32)22(33)14-23(19)34-28/h10-14,24-25,34H,15-16H2,1-9H3. The van der Waals surface area contributed by atoms with Crippen LogP contribution in [0.1, 0.15) is 75.6 Å². The molecule has 1 saturated heterocycles. The topological polar surface area (TPSA) is 69.8 Å². The molecule has 1 aliphatic heterocycles. The van der Waals surface area contributed by atoms with E-state index in [1.807, 2.05) is 32.0 Å². The van der Waals surface area contributed by atoms with Crippen molar-refractivity contribution in [2.45, 2.75) is 90.0 Å². The van der Waals surface area contributed by atoms with Gasteiger partial charge >= 0.3 is 0 Å². The SMILES string of the molecule is CC1(C)OC(COc2ccc3c(c2)C(C)(C)c2[nH]c4cc(Cl)c(Cl)cc4c2C3=O)C(CO[Si](C)(C)C(C)(C)C)O1. The lowest BCUT2D eigenvalue weighted by Gasteiger charge is -2.37. The van der Waals surface area contributed by atoms with Gasteiger partial charge in [-0.25, -0.2) is 0 Å². The maximum Gasteiger partial charge on any atom is 0.195 e. The number of hydrogen-bond donors (Lipinski definition) is 1. The Morgan fingerprint density at radius 1 is 0.975 bits per heavy atom. The van der Waals surface area contributed by atoms with E-state index in [0.717, 1.165) is 22.2 Å². The molecule has 0 spiro atoms. The van der Waals surface area contributed by atoms with E-state index in [2.05, 4.69) is 52.7 Å². The van der Waals surface area contributed by atoms with Crippen LogP contribution in [0.4, 0.5) is 0 Å². The number of H-pyrrole nitrogens is 1. The molecule has 2 atom stereocenters. The van der Waals surface area contributed by atoms with Crippen LogP contribution in [-0.2, 0) is 19.3 Å². The molecule has 1 aromatic heterocycles. The number of halogens is 2. The van der Waals surface area contributed by atoms with Gasteiger partial charge in [-0.05, 0) is 67.9 Å². The molecule has 2 heterocycles. The van der Waals surface area contributed by atoms with E-state index in [1.165, 1.54) is 0 Å². The third-order valence-corrected chi connectivity index (χ3v) is 13.9. The number of carbonyl (C=O) groups excluding carboxylic acids is 1. The van der Waals surface area contributed by atoms with E-state index in [4.69, 9.17) is 41.8 Å². The number of rotatable bonds is 6. The Morgan fingerprint density at radius 2 is 1.60 bits per heavy atom. The summed E-state index contributed by atoms with van der Waals surface area (Å²) in [5.41, 5.74) is 3.34. The summed E-state index contributed by atoms with van der Waals surface area (Å²) < 4.78 is 25.2. The molecule has 3 aromatic rings. The number of carbonyl (C=O) groups is 1. The third kappa shape index (κ3) is 5.14. The minimum atomic E-state index is -1.95. The average Bonchev–Trinajstić information content (AvgIpc) is 3.36. The van der Waals surface area contributed by atoms with Crippen molar-refractivity contribution in [1.82, 2.24) is 4.98 Å². The Labute approximate surface area is 247 Å². The molecule has 2 unspecified atom stereocenters. The normalized spacial score (nSPS) is 21.9. The Bertz CT molecular complexity index is 1490. The van der Waals surface area contributed by atoms with Gasteiger partial charge in [-0.3, -0.25) is 4.79 Å². The van der Waals surface area contributed by atoms with Gasteiger partial charge in [0.05, 0.1) is 22.2 Å². The molecule has 2 aliphatic rings. The largest absolute Gasteiger partial charge is 0.491 e. The summed E-state index contributed by atoms with van der Waals surface area (Å²) >= 11 is 12.6. The van der Waals surface area contributed by atoms with Crippen molar-refractivity contribution in [2.24, 2.45) is 0 Å². The quantitative estimate of drug-likeness (QED) is 0.287. The zero-order chi connectivity index (χ0) is 29.4. The van der Waals surface area contributed by atoms with Gasteiger partial charge in [0.15, 0.2) is 19.9 Å². The predicted octanol–water partition coefficient (Wildman–Crippen LogP) is 8.27. The van der Waals surface area contributed by atoms with E-state index in [1.54, 1.807) is 12.1 Å². The molecule has 9 heteroatoms. The molecule has 0 bridgehead atoms. The molecule has 2 aromatic carbocycles. The lowest BCUT2D eigenvalue weighted by Crippen LogP contribution is -2.44. The van der Waals surface area contributed by atoms with Crippen LogP contribution in [0.3, 0.4) is 0 Å². The number of aromatic nitrogens is 1. The highest BCUT2D eigenvalue weighted by Gasteiger charge is 2.45. The summed E-state index contributed by atoms with van der Waals surface area (Å²) in [5, 5.41) is 1.75. The second kappa shape index (κ2) is 9.85. The number of hydrogen-bond acceptors (Lipinski definition) is 5. The fourth-order valence-corrected chi connectivity index (χ4v) is 6.71. The second-order valence-electron chi connectivity index (χ2n) is 13.4. The first kappa shape index (κ1) is 29.6. The van der Waals surface area contributed by atoms with Crippen LogP contribution in [0.5, 0.6) is 5.75 Å². The Morgan fingerprint density at radius 3 is 2.25 bits per heavy atom. The smallest absolute Gasteiger partial charge is 0.195 e. The fraction of sp³-hybridized carbons (Fsp3) is 0.516. The molecule has 5 rings (SSSR count). The maximum atomic E-state index is 13.7. The molecule has 1 aliphatic carbocycles. The zero-order valence-electron chi connectivity index (χ0n) is 24.8. The van der Waals surface area contributed by atoms with Crippen molar-refractivity contribution in [1.29, 1.82) is 0 Å². The van der Waals surface area contributed by atoms with Gasteiger partial charge < -0.3 is 23.6 Å². The minimum Gasteiger partial charge on any atom is -0.491 e. The maximum absolute atomic E-state index is 13.7. The van der Waals surface area contributed by atoms with Crippen LogP contribution >= 0.6 is 23.2 Å². The van der Waals surface area contributed by atoms with Crippen LogP contribution in [0.2, 0.25) is 28.2 Å². The molecule has 0 saturated carbocycles. The zero-order valence-corrected chi connectivity index (χ0v) is 27.3. The van der Waals surface area contributed by atoms with Crippen LogP contribution in [0.15, 0.2) is 30.3 Å². The number of fused-ring (bicyclic) bond motifs is 4. The minimum absolute atomic E-state index is 0.0439. The van der Waals surface area contributed by atoms with Gasteiger partial charge in [0, 0.05) is 27.6 Å². The Kier molecular flexibility index (Phi) is 7.29. The third-order valence-electron chi connectivity index (χ3n) is 8.71. The molecule has 0 radical (unpaired) electrons. The monoisotopic (exact) mass is 603 g/mol. The first-order valence-electron chi connectivity index (χ1n) is 13.7. The van der Waals surface area contributed by atoms with Gasteiger partial charge in [-0.2, -0.15) is 0 Å². The summed E-state index contributed by atoms with van der Waals surface area (Å²) in [6, 6.07) is 9.20. The Hall–Kier alpha value is -1.87. The summed E-state index contributed by atoms with van der Waals surface area (Å²) in [7, 11) is -1.95. The van der Waals surface area contributed by atoms with E-state index >= 15 is 0 Å². The lowest BCUT2D eigenvalue weighted by molar-refractivity contribution is -0.150. The number of nitrogens with one attached hydrogen (secondary N) is 1. The molecule has 6 nitrogen and oxygen atoms in total. The van der Waals surface area contributed by atoms with Crippen molar-refractivity contribution in [3.05, 3.63) is 62.8 Å². The van der Waals surface area contributed by atoms with E-state index in [-0.39, 0.29) is 23.0 Å². The summed E-state index contributed by atoms with van der Waals surface area (Å²) in [6.07, 6.45) is -0.535. The van der Waals surface area contributed by atoms with Gasteiger partial charge in [-0.15, -0.1) is 0 Å². The summed E-state index contributed by atoms with van der Waals surface area (Å²) in [6.45, 7) is 19.9. The molecule has 1 N–H and O–H groups in total. The first-order chi connectivity index (χ1) is 18.4. The van der Waals surface area contributed by atoms with Gasteiger partial charge in [0.1, 0.15) is 24.6 Å². The highest BCUT2D eigenvalue weighted by molar-refractivity contribution is 6.74. The van der Waals surface area contributed by atoms with E-state index < -0.39 is 19.5 Å². The molecular formula is C31H39Cl2NO5Si.